The Morgan fingerprint density at radius 1 is 0.467 bits per heavy atom. The molecule has 2 atom stereocenters. The van der Waals surface area contributed by atoms with Gasteiger partial charge >= 0.3 is 0 Å². The molecule has 0 saturated heterocycles. The van der Waals surface area contributed by atoms with Crippen LogP contribution in [0.25, 0.3) is 0 Å². The van der Waals surface area contributed by atoms with Crippen LogP contribution in [0.4, 0.5) is 0 Å². The molecule has 2 unspecified atom stereocenters. The van der Waals surface area contributed by atoms with Gasteiger partial charge in [0.05, 0.1) is 0 Å². The first-order valence-corrected chi connectivity index (χ1v) is 14.4. The maximum atomic E-state index is 2.49. The molecule has 0 rings (SSSR count). The molecule has 0 aromatic rings. The van der Waals surface area contributed by atoms with E-state index in [2.05, 4.69) is 39.8 Å². The minimum absolute atomic E-state index is 0.785. The quantitative estimate of drug-likeness (QED) is 0.107. The summed E-state index contributed by atoms with van der Waals surface area (Å²) in [6.45, 7) is 9.47. The van der Waals surface area contributed by atoms with Crippen molar-refractivity contribution in [2.24, 2.45) is 11.8 Å². The number of unbranched alkanes of at least 4 members (excludes halogenated alkanes) is 16. The molecule has 0 saturated carbocycles. The lowest BCUT2D eigenvalue weighted by Gasteiger charge is -2.10. The number of rotatable bonds is 24. The maximum Gasteiger partial charge on any atom is -0.0262 e. The van der Waals surface area contributed by atoms with Crippen LogP contribution in [0, 0.1) is 11.8 Å². The predicted octanol–water partition coefficient (Wildman–Crippen LogP) is 11.4. The fourth-order valence-corrected chi connectivity index (χ4v) is 4.55. The SMILES string of the molecule is CCCCCCCCCCCCCC(C)/C=C/CCCCCCC(C)CCCCC. The smallest absolute Gasteiger partial charge is 0.0262 e. The second-order valence-corrected chi connectivity index (χ2v) is 10.3. The monoisotopic (exact) mass is 420 g/mol. The van der Waals surface area contributed by atoms with Gasteiger partial charge in [-0.1, -0.05) is 162 Å². The van der Waals surface area contributed by atoms with E-state index in [1.165, 1.54) is 141 Å². The van der Waals surface area contributed by atoms with Crippen molar-refractivity contribution in [1.82, 2.24) is 0 Å². The van der Waals surface area contributed by atoms with E-state index in [9.17, 15) is 0 Å². The zero-order chi connectivity index (χ0) is 22.1. The van der Waals surface area contributed by atoms with Crippen molar-refractivity contribution in [2.45, 2.75) is 169 Å². The van der Waals surface area contributed by atoms with Crippen LogP contribution in [0.3, 0.4) is 0 Å². The highest BCUT2D eigenvalue weighted by Gasteiger charge is 2.01. The maximum absolute atomic E-state index is 2.49. The first-order valence-electron chi connectivity index (χ1n) is 14.4. The number of hydrogen-bond acceptors (Lipinski definition) is 0. The van der Waals surface area contributed by atoms with E-state index in [4.69, 9.17) is 0 Å². The molecule has 0 spiro atoms. The van der Waals surface area contributed by atoms with Gasteiger partial charge in [0.2, 0.25) is 0 Å². The molecule has 0 nitrogen and oxygen atoms in total. The molecule has 0 heteroatoms. The zero-order valence-electron chi connectivity index (χ0n) is 21.9. The van der Waals surface area contributed by atoms with E-state index in [-0.39, 0.29) is 0 Å². The Kier molecular flexibility index (Phi) is 24.8. The lowest BCUT2D eigenvalue weighted by atomic mass is 9.96. The standard InChI is InChI=1S/C30H60/c1-5-7-9-10-11-12-13-14-15-18-22-27-30(4)28-24-20-17-16-19-23-26-29(3)25-21-8-6-2/h24,28-30H,5-23,25-27H2,1-4H3/b28-24+. The molecular weight excluding hydrogens is 360 g/mol. The molecule has 0 aliphatic carbocycles. The minimum Gasteiger partial charge on any atom is -0.0883 e. The summed E-state index contributed by atoms with van der Waals surface area (Å²) >= 11 is 0. The molecule has 0 aliphatic heterocycles. The van der Waals surface area contributed by atoms with E-state index < -0.39 is 0 Å². The zero-order valence-corrected chi connectivity index (χ0v) is 21.9. The molecule has 0 heterocycles. The van der Waals surface area contributed by atoms with Gasteiger partial charge in [-0.3, -0.25) is 0 Å². The van der Waals surface area contributed by atoms with E-state index in [0.29, 0.717) is 0 Å². The van der Waals surface area contributed by atoms with Gasteiger partial charge in [0.1, 0.15) is 0 Å². The molecule has 0 bridgehead atoms. The Hall–Kier alpha value is -0.260. The van der Waals surface area contributed by atoms with Crippen molar-refractivity contribution in [3.8, 4) is 0 Å². The molecule has 0 aromatic heterocycles. The summed E-state index contributed by atoms with van der Waals surface area (Å²) in [4.78, 5) is 0. The summed E-state index contributed by atoms with van der Waals surface area (Å²) in [6, 6.07) is 0. The average molecular weight is 421 g/mol. The van der Waals surface area contributed by atoms with Crippen LogP contribution in [0.1, 0.15) is 169 Å². The van der Waals surface area contributed by atoms with Crippen LogP contribution in [-0.4, -0.2) is 0 Å². The predicted molar refractivity (Wildman–Crippen MR) is 140 cm³/mol. The van der Waals surface area contributed by atoms with Gasteiger partial charge in [-0.25, -0.2) is 0 Å². The number of hydrogen-bond donors (Lipinski definition) is 0. The first kappa shape index (κ1) is 29.7. The third kappa shape index (κ3) is 24.0. The summed E-state index contributed by atoms with van der Waals surface area (Å²) in [5.41, 5.74) is 0. The van der Waals surface area contributed by atoms with E-state index in [0.717, 1.165) is 11.8 Å². The van der Waals surface area contributed by atoms with Crippen LogP contribution in [0.2, 0.25) is 0 Å². The van der Waals surface area contributed by atoms with Crippen molar-refractivity contribution in [1.29, 1.82) is 0 Å². The normalized spacial score (nSPS) is 13.9. The van der Waals surface area contributed by atoms with Crippen LogP contribution >= 0.6 is 0 Å². The highest BCUT2D eigenvalue weighted by Crippen LogP contribution is 2.18. The van der Waals surface area contributed by atoms with Gasteiger partial charge in [-0.15, -0.1) is 0 Å². The summed E-state index contributed by atoms with van der Waals surface area (Å²) in [7, 11) is 0. The van der Waals surface area contributed by atoms with Crippen molar-refractivity contribution in [2.75, 3.05) is 0 Å². The lowest BCUT2D eigenvalue weighted by molar-refractivity contribution is 0.438. The molecule has 30 heavy (non-hydrogen) atoms. The first-order chi connectivity index (χ1) is 14.7. The Bertz CT molecular complexity index is 329. The van der Waals surface area contributed by atoms with Crippen molar-refractivity contribution >= 4 is 0 Å². The molecule has 0 aliphatic rings. The fourth-order valence-electron chi connectivity index (χ4n) is 4.55. The second kappa shape index (κ2) is 25.0. The minimum atomic E-state index is 0.785. The fraction of sp³-hybridized carbons (Fsp3) is 0.933. The topological polar surface area (TPSA) is 0 Å². The Morgan fingerprint density at radius 2 is 0.867 bits per heavy atom. The molecular formula is C30H60. The Labute approximate surface area is 193 Å². The number of allylic oxidation sites excluding steroid dienone is 2. The third-order valence-electron chi connectivity index (χ3n) is 6.85. The van der Waals surface area contributed by atoms with Crippen molar-refractivity contribution in [3.05, 3.63) is 12.2 Å². The van der Waals surface area contributed by atoms with E-state index in [1.807, 2.05) is 0 Å². The van der Waals surface area contributed by atoms with Crippen LogP contribution in [-0.2, 0) is 0 Å². The Morgan fingerprint density at radius 3 is 1.43 bits per heavy atom. The van der Waals surface area contributed by atoms with Crippen molar-refractivity contribution in [3.63, 3.8) is 0 Å². The van der Waals surface area contributed by atoms with E-state index >= 15 is 0 Å². The summed E-state index contributed by atoms with van der Waals surface area (Å²) in [6.07, 6.45) is 36.5. The van der Waals surface area contributed by atoms with E-state index in [1.54, 1.807) is 0 Å². The largest absolute Gasteiger partial charge is 0.0883 e. The molecule has 0 N–H and O–H groups in total. The molecule has 0 radical (unpaired) electrons. The van der Waals surface area contributed by atoms with Crippen LogP contribution < -0.4 is 0 Å². The van der Waals surface area contributed by atoms with Gasteiger partial charge in [-0.05, 0) is 31.1 Å². The van der Waals surface area contributed by atoms with Gasteiger partial charge in [0, 0.05) is 0 Å². The van der Waals surface area contributed by atoms with Gasteiger partial charge < -0.3 is 0 Å². The van der Waals surface area contributed by atoms with Gasteiger partial charge in [-0.2, -0.15) is 0 Å². The summed E-state index contributed by atoms with van der Waals surface area (Å²) in [5.74, 6) is 1.74. The average Bonchev–Trinajstić information content (AvgIpc) is 2.74. The highest BCUT2D eigenvalue weighted by atomic mass is 14.1. The molecule has 0 fully saturated rings. The van der Waals surface area contributed by atoms with Gasteiger partial charge in [0.25, 0.3) is 0 Å². The third-order valence-corrected chi connectivity index (χ3v) is 6.85. The van der Waals surface area contributed by atoms with Crippen molar-refractivity contribution < 1.29 is 0 Å². The van der Waals surface area contributed by atoms with Crippen LogP contribution in [0.15, 0.2) is 12.2 Å². The van der Waals surface area contributed by atoms with Gasteiger partial charge in [0.15, 0.2) is 0 Å². The molecule has 180 valence electrons. The highest BCUT2D eigenvalue weighted by molar-refractivity contribution is 4.86. The molecule has 0 aromatic carbocycles. The summed E-state index contributed by atoms with van der Waals surface area (Å²) in [5, 5.41) is 0. The lowest BCUT2D eigenvalue weighted by Crippen LogP contribution is -1.94. The summed E-state index contributed by atoms with van der Waals surface area (Å²) < 4.78 is 0. The van der Waals surface area contributed by atoms with Crippen LogP contribution in [0.5, 0.6) is 0 Å². The molecule has 0 amide bonds. The second-order valence-electron chi connectivity index (χ2n) is 10.3. The Balaban J connectivity index is 3.30.